The van der Waals surface area contributed by atoms with Crippen LogP contribution in [0.2, 0.25) is 43.8 Å². The monoisotopic (exact) mass is 422 g/mol. The minimum Gasteiger partial charge on any atom is -0.549 e. The van der Waals surface area contributed by atoms with Gasteiger partial charge in [0.25, 0.3) is 0 Å². The second-order valence-corrected chi connectivity index (χ2v) is 20.8. The molecule has 0 radical (unpaired) electrons. The predicted octanol–water partition coefficient (Wildman–Crippen LogP) is 6.59. The molecule has 5 heteroatoms. The van der Waals surface area contributed by atoms with Gasteiger partial charge in [-0.3, -0.25) is 0 Å². The zero-order valence-corrected chi connectivity index (χ0v) is 21.3. The van der Waals surface area contributed by atoms with Crippen molar-refractivity contribution in [2.75, 3.05) is 6.61 Å². The summed E-state index contributed by atoms with van der Waals surface area (Å²) in [6.07, 6.45) is 2.93. The Kier molecular flexibility index (Phi) is 9.67. The van der Waals surface area contributed by atoms with E-state index in [1.807, 2.05) is 24.5 Å². The van der Waals surface area contributed by atoms with Crippen molar-refractivity contribution in [1.29, 1.82) is 0 Å². The van der Waals surface area contributed by atoms with Gasteiger partial charge in [0.05, 0.1) is 19.0 Å². The van der Waals surface area contributed by atoms with Crippen LogP contribution in [0.4, 0.5) is 0 Å². The lowest BCUT2D eigenvalue weighted by molar-refractivity contribution is 0.0734. The summed E-state index contributed by atoms with van der Waals surface area (Å²) in [6.45, 7) is 19.6. The average molecular weight is 423 g/mol. The van der Waals surface area contributed by atoms with Crippen LogP contribution in [0, 0.1) is 0 Å². The van der Waals surface area contributed by atoms with Gasteiger partial charge in [-0.25, -0.2) is 0 Å². The molecule has 28 heavy (non-hydrogen) atoms. The van der Waals surface area contributed by atoms with E-state index in [-0.39, 0.29) is 11.1 Å². The highest BCUT2D eigenvalue weighted by Gasteiger charge is 2.38. The van der Waals surface area contributed by atoms with Gasteiger partial charge in [-0.2, -0.15) is 0 Å². The summed E-state index contributed by atoms with van der Waals surface area (Å²) >= 11 is 0. The van der Waals surface area contributed by atoms with Crippen LogP contribution in [-0.4, -0.2) is 34.2 Å². The smallest absolute Gasteiger partial charge is 0.249 e. The summed E-state index contributed by atoms with van der Waals surface area (Å²) in [7, 11) is -3.12. The fourth-order valence-electron chi connectivity index (χ4n) is 2.64. The minimum atomic E-state index is -1.83. The molecule has 1 aromatic carbocycles. The third-order valence-electron chi connectivity index (χ3n) is 5.29. The van der Waals surface area contributed by atoms with E-state index in [1.54, 1.807) is 0 Å². The van der Waals surface area contributed by atoms with Crippen LogP contribution in [0.15, 0.2) is 42.2 Å². The van der Waals surface area contributed by atoms with Crippen molar-refractivity contribution in [2.24, 2.45) is 0 Å². The standard InChI is InChI=1S/C23H42O3Si2/c1-23(2,3)28(7,8)26-18-21(19-27(4,5)6)16-22(24)14-15-25-17-20-12-10-9-11-13-20/h9-13,18,22,24H,14-17,19H2,1-8H3/b21-18-. The first-order chi connectivity index (χ1) is 12.8. The van der Waals surface area contributed by atoms with Crippen LogP contribution in [-0.2, 0) is 15.8 Å². The van der Waals surface area contributed by atoms with Crippen molar-refractivity contribution in [3.05, 3.63) is 47.7 Å². The summed E-state index contributed by atoms with van der Waals surface area (Å²) in [5.74, 6) is 0. The van der Waals surface area contributed by atoms with Crippen LogP contribution in [0.1, 0.15) is 39.2 Å². The largest absolute Gasteiger partial charge is 0.549 e. The highest BCUT2D eigenvalue weighted by atomic mass is 28.4. The van der Waals surface area contributed by atoms with E-state index in [2.05, 4.69) is 65.6 Å². The first kappa shape index (κ1) is 25.2. The number of aliphatic hydroxyl groups is 1. The number of hydrogen-bond donors (Lipinski definition) is 1. The van der Waals surface area contributed by atoms with Gasteiger partial charge in [0.2, 0.25) is 8.32 Å². The molecule has 0 aromatic heterocycles. The molecule has 0 aliphatic rings. The van der Waals surface area contributed by atoms with E-state index in [0.717, 1.165) is 6.04 Å². The molecule has 0 heterocycles. The van der Waals surface area contributed by atoms with Gasteiger partial charge in [-0.15, -0.1) is 0 Å². The summed E-state index contributed by atoms with van der Waals surface area (Å²) in [5, 5.41) is 10.7. The fraction of sp³-hybridized carbons (Fsp3) is 0.652. The van der Waals surface area contributed by atoms with E-state index in [0.29, 0.717) is 26.1 Å². The number of ether oxygens (including phenoxy) is 1. The van der Waals surface area contributed by atoms with Crippen LogP contribution < -0.4 is 0 Å². The Morgan fingerprint density at radius 2 is 1.68 bits per heavy atom. The number of rotatable bonds is 11. The lowest BCUT2D eigenvalue weighted by Gasteiger charge is -2.35. The molecule has 1 atom stereocenters. The Labute approximate surface area is 175 Å². The van der Waals surface area contributed by atoms with E-state index in [4.69, 9.17) is 9.16 Å². The summed E-state index contributed by atoms with van der Waals surface area (Å²) < 4.78 is 12.1. The average Bonchev–Trinajstić information content (AvgIpc) is 2.55. The molecule has 1 rings (SSSR count). The molecule has 0 fully saturated rings. The molecule has 1 aromatic rings. The van der Waals surface area contributed by atoms with E-state index >= 15 is 0 Å². The van der Waals surface area contributed by atoms with Crippen molar-refractivity contribution in [2.45, 2.75) is 90.1 Å². The summed E-state index contributed by atoms with van der Waals surface area (Å²) in [6, 6.07) is 11.2. The Morgan fingerprint density at radius 1 is 1.07 bits per heavy atom. The van der Waals surface area contributed by atoms with E-state index < -0.39 is 16.4 Å². The normalized spacial score (nSPS) is 14.8. The Balaban J connectivity index is 2.58. The zero-order valence-electron chi connectivity index (χ0n) is 19.3. The molecular weight excluding hydrogens is 380 g/mol. The molecule has 0 bridgehead atoms. The topological polar surface area (TPSA) is 38.7 Å². The third-order valence-corrected chi connectivity index (χ3v) is 11.1. The van der Waals surface area contributed by atoms with Gasteiger partial charge in [-0.05, 0) is 48.2 Å². The lowest BCUT2D eigenvalue weighted by Crippen LogP contribution is -2.39. The molecule has 0 aliphatic heterocycles. The second kappa shape index (κ2) is 10.8. The third kappa shape index (κ3) is 10.1. The van der Waals surface area contributed by atoms with E-state index in [9.17, 15) is 5.11 Å². The first-order valence-corrected chi connectivity index (χ1v) is 17.1. The predicted molar refractivity (Wildman–Crippen MR) is 126 cm³/mol. The van der Waals surface area contributed by atoms with Crippen molar-refractivity contribution in [3.8, 4) is 0 Å². The summed E-state index contributed by atoms with van der Waals surface area (Å²) in [4.78, 5) is 0. The number of hydrogen-bond acceptors (Lipinski definition) is 3. The Hall–Kier alpha value is -0.886. The lowest BCUT2D eigenvalue weighted by atomic mass is 10.1. The van der Waals surface area contributed by atoms with Gasteiger partial charge in [0.15, 0.2) is 0 Å². The second-order valence-electron chi connectivity index (χ2n) is 10.6. The molecule has 0 aliphatic carbocycles. The molecule has 1 unspecified atom stereocenters. The maximum absolute atomic E-state index is 10.6. The number of aliphatic hydroxyl groups excluding tert-OH is 1. The van der Waals surface area contributed by atoms with Crippen molar-refractivity contribution in [1.82, 2.24) is 0 Å². The van der Waals surface area contributed by atoms with Gasteiger partial charge >= 0.3 is 0 Å². The molecule has 160 valence electrons. The maximum atomic E-state index is 10.6. The van der Waals surface area contributed by atoms with Crippen LogP contribution in [0.25, 0.3) is 0 Å². The summed E-state index contributed by atoms with van der Waals surface area (Å²) in [5.41, 5.74) is 2.42. The zero-order chi connectivity index (χ0) is 21.4. The molecule has 0 saturated carbocycles. The first-order valence-electron chi connectivity index (χ1n) is 10.5. The van der Waals surface area contributed by atoms with Crippen LogP contribution in [0.3, 0.4) is 0 Å². The highest BCUT2D eigenvalue weighted by Crippen LogP contribution is 2.37. The molecule has 3 nitrogen and oxygen atoms in total. The van der Waals surface area contributed by atoms with E-state index in [1.165, 1.54) is 11.1 Å². The van der Waals surface area contributed by atoms with Gasteiger partial charge < -0.3 is 14.3 Å². The number of benzene rings is 1. The molecule has 1 N–H and O–H groups in total. The van der Waals surface area contributed by atoms with Crippen molar-refractivity contribution < 1.29 is 14.3 Å². The fourth-order valence-corrected chi connectivity index (χ4v) is 5.04. The Bertz CT molecular complexity index is 599. The molecular formula is C23H42O3Si2. The quantitative estimate of drug-likeness (QED) is 0.248. The van der Waals surface area contributed by atoms with Crippen LogP contribution >= 0.6 is 0 Å². The molecule has 0 amide bonds. The van der Waals surface area contributed by atoms with Crippen molar-refractivity contribution >= 4 is 16.4 Å². The molecule has 0 spiro atoms. The Morgan fingerprint density at radius 3 is 2.21 bits per heavy atom. The SMILES string of the molecule is CC(C)(C)[Si](C)(C)O/C=C(/CC(O)CCOCc1ccccc1)C[Si](C)(C)C. The highest BCUT2D eigenvalue weighted by molar-refractivity contribution is 6.76. The maximum Gasteiger partial charge on any atom is 0.249 e. The van der Waals surface area contributed by atoms with Crippen molar-refractivity contribution in [3.63, 3.8) is 0 Å². The van der Waals surface area contributed by atoms with Gasteiger partial charge in [0.1, 0.15) is 0 Å². The van der Waals surface area contributed by atoms with Gasteiger partial charge in [-0.1, -0.05) is 70.7 Å². The van der Waals surface area contributed by atoms with Gasteiger partial charge in [0, 0.05) is 14.7 Å². The molecule has 0 saturated heterocycles. The minimum absolute atomic E-state index is 0.178. The van der Waals surface area contributed by atoms with Crippen LogP contribution in [0.5, 0.6) is 0 Å².